The zero-order valence-electron chi connectivity index (χ0n) is 19.4. The molecule has 2 aromatic heterocycles. The molecule has 0 radical (unpaired) electrons. The Morgan fingerprint density at radius 1 is 0.971 bits per heavy atom. The van der Waals surface area contributed by atoms with Gasteiger partial charge in [-0.3, -0.25) is 9.89 Å². The molecule has 2 N–H and O–H groups in total. The van der Waals surface area contributed by atoms with E-state index in [1.165, 1.54) is 0 Å². The Labute approximate surface area is 197 Å². The van der Waals surface area contributed by atoms with Crippen LogP contribution in [0.5, 0.6) is 0 Å². The van der Waals surface area contributed by atoms with E-state index < -0.39 is 5.41 Å². The van der Waals surface area contributed by atoms with Gasteiger partial charge in [-0.25, -0.2) is 4.98 Å². The first-order valence-corrected chi connectivity index (χ1v) is 11.5. The van der Waals surface area contributed by atoms with Crippen molar-refractivity contribution in [1.29, 1.82) is 0 Å². The summed E-state index contributed by atoms with van der Waals surface area (Å²) in [5.74, 6) is 0.845. The lowest BCUT2D eigenvalue weighted by molar-refractivity contribution is -0.122. The predicted octanol–water partition coefficient (Wildman–Crippen LogP) is 5.92. The van der Waals surface area contributed by atoms with Gasteiger partial charge in [-0.2, -0.15) is 5.10 Å². The molecule has 0 spiro atoms. The fourth-order valence-corrected chi connectivity index (χ4v) is 4.84. The topological polar surface area (TPSA) is 77.7 Å². The monoisotopic (exact) mass is 447 g/mol. The van der Waals surface area contributed by atoms with Crippen molar-refractivity contribution in [2.24, 2.45) is 0 Å². The molecule has 0 unspecified atom stereocenters. The second-order valence-electron chi connectivity index (χ2n) is 9.27. The Hall–Kier alpha value is -4.19. The highest BCUT2D eigenvalue weighted by atomic mass is 16.2. The SMILES string of the molecule is CCN1C(=O)C(C)(C)c2cc3nc(-c4n[nH]c5cc(/C=C/c6ccccc6)ccc45)[nH]c3cc21. The van der Waals surface area contributed by atoms with Gasteiger partial charge in [0.15, 0.2) is 5.82 Å². The number of anilines is 1. The van der Waals surface area contributed by atoms with Crippen molar-refractivity contribution in [1.82, 2.24) is 20.2 Å². The number of fused-ring (bicyclic) bond motifs is 3. The zero-order chi connectivity index (χ0) is 23.4. The van der Waals surface area contributed by atoms with Crippen LogP contribution < -0.4 is 4.90 Å². The van der Waals surface area contributed by atoms with Gasteiger partial charge in [0.2, 0.25) is 5.91 Å². The first kappa shape index (κ1) is 20.4. The highest BCUT2D eigenvalue weighted by Crippen LogP contribution is 2.43. The number of benzene rings is 3. The standard InChI is InChI=1S/C28H25N5O/c1-4-33-24-16-23-22(15-20(24)28(2,3)27(33)34)29-26(30-23)25-19-13-12-18(14-21(19)31-32-25)11-10-17-8-6-5-7-9-17/h5-16H,4H2,1-3H3,(H,29,30)(H,31,32)/b11-10+. The van der Waals surface area contributed by atoms with Crippen LogP contribution >= 0.6 is 0 Å². The van der Waals surface area contributed by atoms with E-state index in [2.05, 4.69) is 57.7 Å². The van der Waals surface area contributed by atoms with Crippen molar-refractivity contribution < 1.29 is 4.79 Å². The number of rotatable bonds is 4. The van der Waals surface area contributed by atoms with Crippen LogP contribution in [-0.2, 0) is 10.2 Å². The van der Waals surface area contributed by atoms with Crippen molar-refractivity contribution in [3.63, 3.8) is 0 Å². The number of aromatic amines is 2. The molecule has 1 aliphatic rings. The highest BCUT2D eigenvalue weighted by molar-refractivity contribution is 6.09. The summed E-state index contributed by atoms with van der Waals surface area (Å²) >= 11 is 0. The van der Waals surface area contributed by atoms with Gasteiger partial charge in [0.05, 0.1) is 27.7 Å². The molecule has 3 heterocycles. The van der Waals surface area contributed by atoms with Crippen LogP contribution in [0.2, 0.25) is 0 Å². The van der Waals surface area contributed by atoms with Crippen LogP contribution in [-0.4, -0.2) is 32.6 Å². The second-order valence-corrected chi connectivity index (χ2v) is 9.27. The van der Waals surface area contributed by atoms with Gasteiger partial charge < -0.3 is 9.88 Å². The molecule has 1 aliphatic heterocycles. The second kappa shape index (κ2) is 7.42. The van der Waals surface area contributed by atoms with Gasteiger partial charge >= 0.3 is 0 Å². The number of H-pyrrole nitrogens is 2. The number of hydrogen-bond donors (Lipinski definition) is 2. The molecule has 6 rings (SSSR count). The Balaban J connectivity index is 1.38. The number of imidazole rings is 1. The minimum absolute atomic E-state index is 0.133. The van der Waals surface area contributed by atoms with Gasteiger partial charge in [0.25, 0.3) is 0 Å². The van der Waals surface area contributed by atoms with Crippen molar-refractivity contribution in [2.45, 2.75) is 26.2 Å². The normalized spacial score (nSPS) is 15.1. The van der Waals surface area contributed by atoms with E-state index in [1.54, 1.807) is 0 Å². The summed E-state index contributed by atoms with van der Waals surface area (Å²) in [6.07, 6.45) is 4.20. The minimum Gasteiger partial charge on any atom is -0.337 e. The first-order chi connectivity index (χ1) is 16.5. The predicted molar refractivity (Wildman–Crippen MR) is 138 cm³/mol. The van der Waals surface area contributed by atoms with E-state index in [0.29, 0.717) is 12.4 Å². The smallest absolute Gasteiger partial charge is 0.237 e. The summed E-state index contributed by atoms with van der Waals surface area (Å²) in [6, 6.07) is 20.6. The number of nitrogens with one attached hydrogen (secondary N) is 2. The van der Waals surface area contributed by atoms with E-state index in [9.17, 15) is 4.79 Å². The van der Waals surface area contributed by atoms with Crippen molar-refractivity contribution >= 4 is 45.7 Å². The largest absolute Gasteiger partial charge is 0.337 e. The molecule has 168 valence electrons. The first-order valence-electron chi connectivity index (χ1n) is 11.5. The van der Waals surface area contributed by atoms with Crippen LogP contribution in [0.25, 0.3) is 45.6 Å². The molecular formula is C28H25N5O. The fourth-order valence-electron chi connectivity index (χ4n) is 4.84. The molecule has 6 heteroatoms. The molecule has 1 amide bonds. The fraction of sp³-hybridized carbons (Fsp3) is 0.179. The van der Waals surface area contributed by atoms with E-state index in [-0.39, 0.29) is 5.91 Å². The number of carbonyl (C=O) groups is 1. The van der Waals surface area contributed by atoms with E-state index in [4.69, 9.17) is 4.98 Å². The Kier molecular flexibility index (Phi) is 4.45. The molecule has 0 fully saturated rings. The van der Waals surface area contributed by atoms with Gasteiger partial charge in [-0.1, -0.05) is 48.6 Å². The molecule has 6 nitrogen and oxygen atoms in total. The van der Waals surface area contributed by atoms with E-state index >= 15 is 0 Å². The zero-order valence-corrected chi connectivity index (χ0v) is 19.4. The number of aromatic nitrogens is 4. The van der Waals surface area contributed by atoms with E-state index in [0.717, 1.165) is 50.0 Å². The number of nitrogens with zero attached hydrogens (tertiary/aromatic N) is 3. The van der Waals surface area contributed by atoms with Crippen molar-refractivity contribution in [3.8, 4) is 11.5 Å². The maximum Gasteiger partial charge on any atom is 0.237 e. The number of carbonyl (C=O) groups excluding carboxylic acids is 1. The molecule has 0 atom stereocenters. The maximum atomic E-state index is 12.8. The van der Waals surface area contributed by atoms with Gasteiger partial charge in [0, 0.05) is 11.9 Å². The van der Waals surface area contributed by atoms with E-state index in [1.807, 2.05) is 56.0 Å². The van der Waals surface area contributed by atoms with Crippen molar-refractivity contribution in [3.05, 3.63) is 77.4 Å². The Morgan fingerprint density at radius 2 is 1.76 bits per heavy atom. The number of likely N-dealkylation sites (N-methyl/N-ethyl adjacent to an activating group) is 1. The third-order valence-corrected chi connectivity index (χ3v) is 6.74. The van der Waals surface area contributed by atoms with Gasteiger partial charge in [0.1, 0.15) is 5.69 Å². The summed E-state index contributed by atoms with van der Waals surface area (Å²) in [7, 11) is 0. The molecule has 0 aliphatic carbocycles. The molecular weight excluding hydrogens is 422 g/mol. The molecule has 0 saturated carbocycles. The van der Waals surface area contributed by atoms with Crippen LogP contribution in [0.4, 0.5) is 5.69 Å². The third-order valence-electron chi connectivity index (χ3n) is 6.74. The van der Waals surface area contributed by atoms with Crippen LogP contribution in [0.15, 0.2) is 60.7 Å². The maximum absolute atomic E-state index is 12.8. The quantitative estimate of drug-likeness (QED) is 0.336. The summed E-state index contributed by atoms with van der Waals surface area (Å²) in [6.45, 7) is 6.61. The summed E-state index contributed by atoms with van der Waals surface area (Å²) in [4.78, 5) is 23.0. The average Bonchev–Trinajstić information content (AvgIpc) is 3.50. The summed E-state index contributed by atoms with van der Waals surface area (Å²) in [5, 5.41) is 8.73. The Bertz CT molecular complexity index is 1590. The molecule has 3 aromatic carbocycles. The summed E-state index contributed by atoms with van der Waals surface area (Å²) in [5.41, 5.74) is 7.16. The van der Waals surface area contributed by atoms with Gasteiger partial charge in [-0.15, -0.1) is 0 Å². The molecule has 0 saturated heterocycles. The lowest BCUT2D eigenvalue weighted by Gasteiger charge is -2.18. The Morgan fingerprint density at radius 3 is 2.56 bits per heavy atom. The number of hydrogen-bond acceptors (Lipinski definition) is 3. The van der Waals surface area contributed by atoms with Crippen LogP contribution in [0.1, 0.15) is 37.5 Å². The molecule has 34 heavy (non-hydrogen) atoms. The molecule has 5 aromatic rings. The highest BCUT2D eigenvalue weighted by Gasteiger charge is 2.43. The molecule has 0 bridgehead atoms. The lowest BCUT2D eigenvalue weighted by atomic mass is 9.86. The van der Waals surface area contributed by atoms with Crippen LogP contribution in [0, 0.1) is 0 Å². The third kappa shape index (κ3) is 3.06. The summed E-state index contributed by atoms with van der Waals surface area (Å²) < 4.78 is 0. The van der Waals surface area contributed by atoms with Gasteiger partial charge in [-0.05, 0) is 61.7 Å². The average molecular weight is 448 g/mol. The van der Waals surface area contributed by atoms with Crippen molar-refractivity contribution in [2.75, 3.05) is 11.4 Å². The minimum atomic E-state index is -0.554. The lowest BCUT2D eigenvalue weighted by Crippen LogP contribution is -2.35. The van der Waals surface area contributed by atoms with Crippen LogP contribution in [0.3, 0.4) is 0 Å². The number of amides is 1.